The molecule has 6 rings (SSSR count). The number of pyridine rings is 2. The Morgan fingerprint density at radius 2 is 1.67 bits per heavy atom. The summed E-state index contributed by atoms with van der Waals surface area (Å²) >= 11 is 0. The van der Waals surface area contributed by atoms with Gasteiger partial charge in [0.15, 0.2) is 0 Å². The van der Waals surface area contributed by atoms with Crippen molar-refractivity contribution in [2.24, 2.45) is 5.92 Å². The summed E-state index contributed by atoms with van der Waals surface area (Å²) in [5, 5.41) is 12.8. The second-order valence-electron chi connectivity index (χ2n) is 9.11. The Balaban J connectivity index is 1.27. The molecule has 4 nitrogen and oxygen atoms in total. The van der Waals surface area contributed by atoms with Crippen LogP contribution < -0.4 is 0 Å². The van der Waals surface area contributed by atoms with E-state index >= 15 is 0 Å². The maximum Gasteiger partial charge on any atom is 0.0995 e. The Kier molecular flexibility index (Phi) is 4.34. The first kappa shape index (κ1) is 18.1. The molecule has 4 heteroatoms. The van der Waals surface area contributed by atoms with Crippen molar-refractivity contribution in [3.05, 3.63) is 78.0 Å². The van der Waals surface area contributed by atoms with Crippen LogP contribution in [0.25, 0.3) is 16.4 Å². The van der Waals surface area contributed by atoms with Crippen LogP contribution in [0.1, 0.15) is 73.3 Å². The number of nitrogens with zero attached hydrogens (tertiary/aromatic N) is 3. The van der Waals surface area contributed by atoms with Gasteiger partial charge in [-0.25, -0.2) is 4.98 Å². The summed E-state index contributed by atoms with van der Waals surface area (Å²) in [6.07, 6.45) is 12.0. The highest BCUT2D eigenvalue weighted by Gasteiger charge is 2.34. The van der Waals surface area contributed by atoms with Crippen LogP contribution in [0.2, 0.25) is 0 Å². The summed E-state index contributed by atoms with van der Waals surface area (Å²) in [4.78, 5) is 8.86. The molecule has 0 aliphatic heterocycles. The number of aliphatic hydroxyl groups excluding tert-OH is 1. The predicted molar refractivity (Wildman–Crippen MR) is 119 cm³/mol. The number of hydrogen-bond acceptors (Lipinski definition) is 3. The molecule has 0 spiro atoms. The molecule has 30 heavy (non-hydrogen) atoms. The highest BCUT2D eigenvalue weighted by atomic mass is 16.3. The lowest BCUT2D eigenvalue weighted by Gasteiger charge is -2.33. The Hall–Kier alpha value is -2.72. The van der Waals surface area contributed by atoms with Crippen molar-refractivity contribution in [3.8, 4) is 0 Å². The molecule has 1 N–H and O–H groups in total. The normalized spacial score (nSPS) is 23.1. The quantitative estimate of drug-likeness (QED) is 0.476. The second kappa shape index (κ2) is 7.21. The summed E-state index contributed by atoms with van der Waals surface area (Å²) in [7, 11) is 0. The minimum atomic E-state index is -0.423. The van der Waals surface area contributed by atoms with E-state index in [0.717, 1.165) is 42.4 Å². The maximum atomic E-state index is 11.5. The van der Waals surface area contributed by atoms with Crippen molar-refractivity contribution in [2.45, 2.75) is 56.5 Å². The summed E-state index contributed by atoms with van der Waals surface area (Å²) < 4.78 is 2.13. The average Bonchev–Trinajstić information content (AvgIpc) is 3.54. The van der Waals surface area contributed by atoms with Gasteiger partial charge in [-0.15, -0.1) is 0 Å². The number of benzene rings is 1. The lowest BCUT2D eigenvalue weighted by atomic mass is 9.75. The van der Waals surface area contributed by atoms with Crippen molar-refractivity contribution < 1.29 is 5.11 Å². The summed E-state index contributed by atoms with van der Waals surface area (Å²) in [5.74, 6) is 1.47. The van der Waals surface area contributed by atoms with E-state index in [2.05, 4.69) is 50.8 Å². The molecule has 1 aromatic carbocycles. The number of fused-ring (bicyclic) bond motifs is 2. The second-order valence-corrected chi connectivity index (χ2v) is 9.11. The van der Waals surface area contributed by atoms with Gasteiger partial charge in [0.25, 0.3) is 0 Å². The maximum absolute atomic E-state index is 11.5. The Morgan fingerprint density at radius 3 is 2.50 bits per heavy atom. The highest BCUT2D eigenvalue weighted by molar-refractivity contribution is 5.82. The molecule has 3 aromatic heterocycles. The molecule has 0 unspecified atom stereocenters. The summed E-state index contributed by atoms with van der Waals surface area (Å²) in [5.41, 5.74) is 5.99. The van der Waals surface area contributed by atoms with Crippen LogP contribution >= 0.6 is 0 Å². The number of hydrogen-bond donors (Lipinski definition) is 1. The fourth-order valence-corrected chi connectivity index (χ4v) is 5.53. The molecule has 2 aliphatic carbocycles. The molecule has 2 aliphatic rings. The lowest BCUT2D eigenvalue weighted by molar-refractivity contribution is 0.0755. The Bertz CT molecular complexity index is 1200. The number of imidazole rings is 1. The standard InChI is InChI=1S/C26H27N3O/c30-26(25-22(18-6-7-18)13-12-20-15-27-16-29(20)25)19-10-8-17(9-11-19)21-3-1-5-24-23(21)4-2-14-28-24/h1-5,12-19,26,30H,6-11H2/t17?,19?,26-/m1/s1. The van der Waals surface area contributed by atoms with Gasteiger partial charge in [-0.05, 0) is 85.6 Å². The number of aromatic nitrogens is 3. The first-order valence-electron chi connectivity index (χ1n) is 11.3. The van der Waals surface area contributed by atoms with Gasteiger partial charge in [0.1, 0.15) is 0 Å². The zero-order valence-electron chi connectivity index (χ0n) is 17.1. The van der Waals surface area contributed by atoms with E-state index in [4.69, 9.17) is 0 Å². The number of aliphatic hydroxyl groups is 1. The fraction of sp³-hybridized carbons (Fsp3) is 0.385. The van der Waals surface area contributed by atoms with E-state index in [1.807, 2.05) is 24.8 Å². The van der Waals surface area contributed by atoms with Crippen LogP contribution in [0, 0.1) is 5.92 Å². The molecule has 2 saturated carbocycles. The third-order valence-corrected chi connectivity index (χ3v) is 7.29. The lowest BCUT2D eigenvalue weighted by Crippen LogP contribution is -2.22. The van der Waals surface area contributed by atoms with Gasteiger partial charge in [-0.1, -0.05) is 24.3 Å². The molecule has 1 atom stereocenters. The van der Waals surface area contributed by atoms with Gasteiger partial charge >= 0.3 is 0 Å². The third kappa shape index (κ3) is 3.02. The van der Waals surface area contributed by atoms with Crippen LogP contribution in [-0.2, 0) is 0 Å². The average molecular weight is 398 g/mol. The molecular formula is C26H27N3O. The van der Waals surface area contributed by atoms with Crippen molar-refractivity contribution in [1.82, 2.24) is 14.4 Å². The summed E-state index contributed by atoms with van der Waals surface area (Å²) in [6.45, 7) is 0. The first-order chi connectivity index (χ1) is 14.8. The predicted octanol–water partition coefficient (Wildman–Crippen LogP) is 5.77. The largest absolute Gasteiger partial charge is 0.387 e. The van der Waals surface area contributed by atoms with Crippen molar-refractivity contribution in [3.63, 3.8) is 0 Å². The van der Waals surface area contributed by atoms with E-state index in [1.54, 1.807) is 0 Å². The minimum Gasteiger partial charge on any atom is -0.387 e. The number of rotatable bonds is 4. The molecule has 152 valence electrons. The van der Waals surface area contributed by atoms with Crippen molar-refractivity contribution >= 4 is 16.4 Å². The first-order valence-corrected chi connectivity index (χ1v) is 11.3. The van der Waals surface area contributed by atoms with Gasteiger partial charge in [-0.2, -0.15) is 0 Å². The molecule has 0 saturated heterocycles. The van der Waals surface area contributed by atoms with Crippen LogP contribution in [0.4, 0.5) is 0 Å². The smallest absolute Gasteiger partial charge is 0.0995 e. The van der Waals surface area contributed by atoms with E-state index in [-0.39, 0.29) is 0 Å². The van der Waals surface area contributed by atoms with E-state index in [1.165, 1.54) is 29.4 Å². The van der Waals surface area contributed by atoms with Crippen LogP contribution in [0.15, 0.2) is 61.2 Å². The molecule has 4 aromatic rings. The zero-order valence-corrected chi connectivity index (χ0v) is 17.1. The Labute approximate surface area is 176 Å². The highest BCUT2D eigenvalue weighted by Crippen LogP contribution is 2.47. The van der Waals surface area contributed by atoms with Gasteiger partial charge < -0.3 is 9.51 Å². The molecule has 0 bridgehead atoms. The monoisotopic (exact) mass is 397 g/mol. The molecule has 3 heterocycles. The fourth-order valence-electron chi connectivity index (χ4n) is 5.53. The SMILES string of the molecule is O[C@@H](c1c(C2CC2)ccc2cncn12)C1CCC(c2cccc3ncccc23)CC1. The van der Waals surface area contributed by atoms with Gasteiger partial charge in [0, 0.05) is 11.6 Å². The summed E-state index contributed by atoms with van der Waals surface area (Å²) in [6, 6.07) is 15.1. The van der Waals surface area contributed by atoms with Crippen LogP contribution in [-0.4, -0.2) is 19.5 Å². The third-order valence-electron chi connectivity index (χ3n) is 7.29. The van der Waals surface area contributed by atoms with Crippen LogP contribution in [0.3, 0.4) is 0 Å². The molecular weight excluding hydrogens is 370 g/mol. The van der Waals surface area contributed by atoms with Gasteiger partial charge in [-0.3, -0.25) is 4.98 Å². The zero-order chi connectivity index (χ0) is 20.1. The minimum absolute atomic E-state index is 0.305. The Morgan fingerprint density at radius 1 is 0.867 bits per heavy atom. The van der Waals surface area contributed by atoms with E-state index in [0.29, 0.717) is 17.8 Å². The van der Waals surface area contributed by atoms with Gasteiger partial charge in [0.05, 0.1) is 35.4 Å². The van der Waals surface area contributed by atoms with Gasteiger partial charge in [0.2, 0.25) is 0 Å². The van der Waals surface area contributed by atoms with E-state index in [9.17, 15) is 5.11 Å². The molecule has 0 radical (unpaired) electrons. The molecule has 0 amide bonds. The van der Waals surface area contributed by atoms with E-state index < -0.39 is 6.10 Å². The molecule has 2 fully saturated rings. The topological polar surface area (TPSA) is 50.4 Å². The van der Waals surface area contributed by atoms with Crippen molar-refractivity contribution in [2.75, 3.05) is 0 Å². The van der Waals surface area contributed by atoms with Crippen molar-refractivity contribution in [1.29, 1.82) is 0 Å². The van der Waals surface area contributed by atoms with Crippen LogP contribution in [0.5, 0.6) is 0 Å².